The molecule has 0 spiro atoms. The van der Waals surface area contributed by atoms with E-state index in [1.165, 1.54) is 6.08 Å². The number of hydrogen-bond donors (Lipinski definition) is 2. The number of nitrogens with one attached hydrogen (secondary N) is 2. The molecule has 36 heavy (non-hydrogen) atoms. The molecule has 0 saturated heterocycles. The van der Waals surface area contributed by atoms with Crippen molar-refractivity contribution in [3.05, 3.63) is 102 Å². The van der Waals surface area contributed by atoms with Crippen LogP contribution in [0.2, 0.25) is 0 Å². The van der Waals surface area contributed by atoms with Crippen LogP contribution in [0.3, 0.4) is 0 Å². The van der Waals surface area contributed by atoms with Crippen LogP contribution in [0.25, 0.3) is 5.47 Å². The summed E-state index contributed by atoms with van der Waals surface area (Å²) in [6.07, 6.45) is 4.95. The lowest BCUT2D eigenvalue weighted by molar-refractivity contribution is 0.0526. The number of benzene rings is 2. The van der Waals surface area contributed by atoms with Crippen LogP contribution in [0.1, 0.15) is 33.5 Å². The van der Waals surface area contributed by atoms with Crippen LogP contribution in [0.5, 0.6) is 11.5 Å². The van der Waals surface area contributed by atoms with Gasteiger partial charge in [0.25, 0.3) is 0 Å². The molecular weight excluding hydrogens is 459 g/mol. The van der Waals surface area contributed by atoms with Crippen LogP contribution in [-0.2, 0) is 4.74 Å². The molecule has 1 aliphatic rings. The molecule has 0 fully saturated rings. The Bertz CT molecular complexity index is 1430. The number of allylic oxidation sites excluding steroid dienone is 1. The Morgan fingerprint density at radius 2 is 1.56 bits per heavy atom. The van der Waals surface area contributed by atoms with E-state index in [0.29, 0.717) is 51.9 Å². The fraction of sp³-hybridized carbons (Fsp3) is 0.0769. The minimum Gasteiger partial charge on any atom is -0.519 e. The van der Waals surface area contributed by atoms with Crippen molar-refractivity contribution < 1.29 is 23.6 Å². The number of azo groups is 1. The highest BCUT2D eigenvalue weighted by atomic mass is 16.6. The first-order valence-corrected chi connectivity index (χ1v) is 11.3. The Hall–Kier alpha value is -4.86. The van der Waals surface area contributed by atoms with Gasteiger partial charge >= 0.3 is 13.1 Å². The number of H-pyrrole nitrogens is 2. The first-order valence-electron chi connectivity index (χ1n) is 11.3. The van der Waals surface area contributed by atoms with Crippen LogP contribution in [0, 0.1) is 0 Å². The van der Waals surface area contributed by atoms with Crippen molar-refractivity contribution in [1.29, 1.82) is 0 Å². The van der Waals surface area contributed by atoms with Crippen molar-refractivity contribution in [3.63, 3.8) is 0 Å². The molecule has 0 atom stereocenters. The Morgan fingerprint density at radius 3 is 2.25 bits per heavy atom. The van der Waals surface area contributed by atoms with Gasteiger partial charge in [0, 0.05) is 29.6 Å². The van der Waals surface area contributed by atoms with Gasteiger partial charge in [-0.1, -0.05) is 0 Å². The minimum absolute atomic E-state index is 0.198. The van der Waals surface area contributed by atoms with Crippen LogP contribution < -0.4 is 9.31 Å². The number of carbonyl (C=O) groups is 2. The van der Waals surface area contributed by atoms with Gasteiger partial charge in [-0.2, -0.15) is 10.2 Å². The van der Waals surface area contributed by atoms with Gasteiger partial charge in [0.05, 0.1) is 29.2 Å². The highest BCUT2D eigenvalue weighted by Gasteiger charge is 2.38. The molecule has 5 rings (SSSR count). The van der Waals surface area contributed by atoms with E-state index in [0.717, 1.165) is 0 Å². The minimum atomic E-state index is -0.819. The van der Waals surface area contributed by atoms with Crippen LogP contribution in [0.15, 0.2) is 95.4 Å². The van der Waals surface area contributed by atoms with Crippen LogP contribution in [-0.4, -0.2) is 35.4 Å². The molecule has 4 aromatic rings. The molecule has 0 unspecified atom stereocenters. The lowest BCUT2D eigenvalue weighted by Crippen LogP contribution is -2.27. The smallest absolute Gasteiger partial charge is 0.519 e. The monoisotopic (exact) mass is 480 g/mol. The van der Waals surface area contributed by atoms with E-state index < -0.39 is 7.12 Å². The topological polar surface area (TPSA) is 118 Å². The SMILES string of the molecule is CCOC(=O)c1ccc(N=Nc2ccc3c(c2)OB(/C(=C/C(=O)c2ccc[nH]2)c2ccc[nH]2)O3)cc1. The normalized spacial score (nSPS) is 12.8. The summed E-state index contributed by atoms with van der Waals surface area (Å²) < 4.78 is 17.0. The van der Waals surface area contributed by atoms with Crippen molar-refractivity contribution in [3.8, 4) is 11.5 Å². The molecule has 2 N–H and O–H groups in total. The molecule has 0 aliphatic carbocycles. The van der Waals surface area contributed by atoms with Gasteiger partial charge in [-0.15, -0.1) is 0 Å². The fourth-order valence-corrected chi connectivity index (χ4v) is 3.61. The van der Waals surface area contributed by atoms with E-state index in [9.17, 15) is 9.59 Å². The van der Waals surface area contributed by atoms with Crippen LogP contribution in [0.4, 0.5) is 11.4 Å². The summed E-state index contributed by atoms with van der Waals surface area (Å²) in [6.45, 7) is 2.07. The first-order chi connectivity index (χ1) is 17.6. The van der Waals surface area contributed by atoms with Gasteiger partial charge in [-0.25, -0.2) is 4.79 Å². The summed E-state index contributed by atoms with van der Waals surface area (Å²) in [7, 11) is -0.819. The predicted octanol–water partition coefficient (Wildman–Crippen LogP) is 5.70. The van der Waals surface area contributed by atoms with Crippen LogP contribution >= 0.6 is 0 Å². The summed E-state index contributed by atoms with van der Waals surface area (Å²) >= 11 is 0. The quantitative estimate of drug-likeness (QED) is 0.110. The molecule has 0 bridgehead atoms. The third-order valence-corrected chi connectivity index (χ3v) is 5.37. The van der Waals surface area contributed by atoms with E-state index in [4.69, 9.17) is 14.0 Å². The summed E-state index contributed by atoms with van der Waals surface area (Å²) in [5.74, 6) is 0.436. The number of esters is 1. The van der Waals surface area contributed by atoms with Gasteiger partial charge in [-0.3, -0.25) is 4.79 Å². The van der Waals surface area contributed by atoms with E-state index in [-0.39, 0.29) is 11.8 Å². The molecule has 0 radical (unpaired) electrons. The Balaban J connectivity index is 1.32. The van der Waals surface area contributed by atoms with E-state index in [1.807, 2.05) is 12.1 Å². The Kier molecular flexibility index (Phi) is 6.48. The molecule has 2 aromatic heterocycles. The second-order valence-electron chi connectivity index (χ2n) is 7.80. The molecule has 178 valence electrons. The molecule has 9 nitrogen and oxygen atoms in total. The fourth-order valence-electron chi connectivity index (χ4n) is 3.61. The van der Waals surface area contributed by atoms with E-state index in [1.54, 1.807) is 73.9 Å². The van der Waals surface area contributed by atoms with Crippen molar-refractivity contribution >= 4 is 35.7 Å². The maximum Gasteiger partial charge on any atom is 0.635 e. The van der Waals surface area contributed by atoms with Crippen molar-refractivity contribution in [2.75, 3.05) is 6.61 Å². The number of rotatable bonds is 8. The molecule has 0 amide bonds. The molecule has 2 aromatic carbocycles. The zero-order valence-corrected chi connectivity index (χ0v) is 19.3. The largest absolute Gasteiger partial charge is 0.635 e. The van der Waals surface area contributed by atoms with E-state index in [2.05, 4.69) is 20.2 Å². The van der Waals surface area contributed by atoms with Gasteiger partial charge < -0.3 is 24.0 Å². The second-order valence-corrected chi connectivity index (χ2v) is 7.80. The first kappa shape index (κ1) is 22.9. The number of hydrogen-bond acceptors (Lipinski definition) is 7. The predicted molar refractivity (Wildman–Crippen MR) is 134 cm³/mol. The number of carbonyl (C=O) groups excluding carboxylic acids is 2. The molecule has 0 saturated carbocycles. The number of aromatic amines is 2. The Labute approximate surface area is 207 Å². The maximum atomic E-state index is 12.7. The van der Waals surface area contributed by atoms with Gasteiger partial charge in [-0.05, 0) is 73.7 Å². The number of fused-ring (bicyclic) bond motifs is 1. The summed E-state index contributed by atoms with van der Waals surface area (Å²) in [5, 5.41) is 8.48. The van der Waals surface area contributed by atoms with Crippen molar-refractivity contribution in [2.24, 2.45) is 10.2 Å². The molecular formula is C26H21BN4O5. The number of ether oxygens (including phenoxy) is 1. The number of ketones is 1. The number of aromatic nitrogens is 2. The van der Waals surface area contributed by atoms with Crippen molar-refractivity contribution in [2.45, 2.75) is 6.92 Å². The second kappa shape index (κ2) is 10.2. The molecule has 1 aliphatic heterocycles. The molecule has 10 heteroatoms. The average molecular weight is 480 g/mol. The van der Waals surface area contributed by atoms with Gasteiger partial charge in [0.15, 0.2) is 0 Å². The number of nitrogens with zero attached hydrogens (tertiary/aromatic N) is 2. The van der Waals surface area contributed by atoms with Crippen molar-refractivity contribution in [1.82, 2.24) is 9.97 Å². The summed E-state index contributed by atoms with van der Waals surface area (Å²) in [5.41, 5.74) is 3.32. The lowest BCUT2D eigenvalue weighted by atomic mass is 9.75. The highest BCUT2D eigenvalue weighted by molar-refractivity contribution is 6.71. The Morgan fingerprint density at radius 1 is 0.889 bits per heavy atom. The lowest BCUT2D eigenvalue weighted by Gasteiger charge is -2.08. The summed E-state index contributed by atoms with van der Waals surface area (Å²) in [6, 6.07) is 19.0. The third kappa shape index (κ3) is 4.97. The maximum absolute atomic E-state index is 12.7. The third-order valence-electron chi connectivity index (χ3n) is 5.37. The van der Waals surface area contributed by atoms with E-state index >= 15 is 0 Å². The summed E-state index contributed by atoms with van der Waals surface area (Å²) in [4.78, 5) is 30.5. The average Bonchev–Trinajstić information content (AvgIpc) is 3.68. The van der Waals surface area contributed by atoms with Gasteiger partial charge in [0.2, 0.25) is 5.78 Å². The van der Waals surface area contributed by atoms with Gasteiger partial charge in [0.1, 0.15) is 11.5 Å². The molecule has 3 heterocycles. The highest BCUT2D eigenvalue weighted by Crippen LogP contribution is 2.39. The zero-order chi connectivity index (χ0) is 24.9. The zero-order valence-electron chi connectivity index (χ0n) is 19.3. The standard InChI is InChI=1S/C26H21BN4O5/c1-2-34-26(33)17-7-9-18(10-8-17)30-31-19-11-12-24-25(15-19)36-27(35-24)20(21-5-3-13-28-21)16-23(32)22-6-4-14-29-22/h3-16,28-29H,2H2,1H3/b20-16+,31-30?.